The number of carbonyl (C=O) groups is 1. The summed E-state index contributed by atoms with van der Waals surface area (Å²) in [5.41, 5.74) is 0. The Kier molecular flexibility index (Phi) is 10.5. The van der Waals surface area contributed by atoms with Gasteiger partial charge in [0.1, 0.15) is 67.1 Å². The molecule has 0 unspecified atom stereocenters. The highest BCUT2D eigenvalue weighted by Gasteiger charge is 2.54. The number of carbonyl (C=O) groups excluding carboxylic acids is 1. The van der Waals surface area contributed by atoms with E-state index in [0.29, 0.717) is 0 Å². The quantitative estimate of drug-likeness (QED) is 0.128. The Hall–Kier alpha value is -1.13. The third kappa shape index (κ3) is 6.06. The lowest BCUT2D eigenvalue weighted by Crippen LogP contribution is -2.67. The molecular weight excluding hydrogens is 512 g/mol. The Labute approximate surface area is 210 Å². The van der Waals surface area contributed by atoms with Crippen molar-refractivity contribution in [2.45, 2.75) is 92.1 Å². The van der Waals surface area contributed by atoms with Gasteiger partial charge >= 0.3 is 5.97 Å². The lowest BCUT2D eigenvalue weighted by molar-refractivity contribution is -0.376. The second-order valence-corrected chi connectivity index (χ2v) is 8.77. The summed E-state index contributed by atoms with van der Waals surface area (Å²) in [6.07, 6.45) is -25.4. The molecule has 0 spiro atoms. The van der Waals surface area contributed by atoms with E-state index in [0.717, 1.165) is 14.2 Å². The van der Waals surface area contributed by atoms with Gasteiger partial charge in [0.15, 0.2) is 25.0 Å². The summed E-state index contributed by atoms with van der Waals surface area (Å²) in [5.74, 6) is -1.02. The molecule has 37 heavy (non-hydrogen) atoms. The highest BCUT2D eigenvalue weighted by Crippen LogP contribution is 2.32. The van der Waals surface area contributed by atoms with E-state index in [2.05, 4.69) is 4.74 Å². The van der Waals surface area contributed by atoms with Gasteiger partial charge in [-0.2, -0.15) is 0 Å². The van der Waals surface area contributed by atoms with Crippen molar-refractivity contribution in [3.05, 3.63) is 0 Å². The van der Waals surface area contributed by atoms with Gasteiger partial charge < -0.3 is 79.1 Å². The number of hydrogen-bond acceptors (Lipinski definition) is 17. The van der Waals surface area contributed by atoms with Gasteiger partial charge in [-0.3, -0.25) is 0 Å². The van der Waals surface area contributed by atoms with Crippen LogP contribution in [0.3, 0.4) is 0 Å². The van der Waals surface area contributed by atoms with Crippen LogP contribution in [0.1, 0.15) is 0 Å². The molecule has 3 aliphatic heterocycles. The lowest BCUT2D eigenvalue weighted by atomic mass is 9.96. The first-order valence-electron chi connectivity index (χ1n) is 11.4. The second kappa shape index (κ2) is 12.8. The lowest BCUT2D eigenvalue weighted by Gasteiger charge is -2.47. The second-order valence-electron chi connectivity index (χ2n) is 8.77. The Bertz CT molecular complexity index is 738. The van der Waals surface area contributed by atoms with Gasteiger partial charge in [0.25, 0.3) is 0 Å². The van der Waals surface area contributed by atoms with Gasteiger partial charge in [-0.15, -0.1) is 0 Å². The van der Waals surface area contributed by atoms with Gasteiger partial charge in [-0.1, -0.05) is 0 Å². The van der Waals surface area contributed by atoms with E-state index in [1.54, 1.807) is 0 Å². The summed E-state index contributed by atoms with van der Waals surface area (Å²) in [4.78, 5) is 12.2. The van der Waals surface area contributed by atoms with Crippen LogP contribution in [0.5, 0.6) is 0 Å². The third-order valence-electron chi connectivity index (χ3n) is 6.46. The van der Waals surface area contributed by atoms with Crippen molar-refractivity contribution < 1.29 is 83.9 Å². The Morgan fingerprint density at radius 2 is 1.11 bits per heavy atom. The van der Waals surface area contributed by atoms with Gasteiger partial charge in [-0.25, -0.2) is 4.79 Å². The normalized spacial score (nSPS) is 49.0. The molecule has 3 rings (SSSR count). The van der Waals surface area contributed by atoms with E-state index >= 15 is 0 Å². The molecule has 3 fully saturated rings. The fourth-order valence-corrected chi connectivity index (χ4v) is 4.31. The van der Waals surface area contributed by atoms with Crippen molar-refractivity contribution >= 4 is 5.97 Å². The van der Waals surface area contributed by atoms with Crippen LogP contribution in [0, 0.1) is 0 Å². The fourth-order valence-electron chi connectivity index (χ4n) is 4.31. The summed E-state index contributed by atoms with van der Waals surface area (Å²) in [6.45, 7) is -1.59. The van der Waals surface area contributed by atoms with E-state index in [4.69, 9.17) is 28.4 Å². The monoisotopic (exact) mass is 546 g/mol. The standard InChI is InChI=1S/C20H34O17/c1-31-17(30)16-15(10(26)12(28)18(32-2)37-16)36-20-13(29)9(25)14(6(4-22)34-20)35-19-11(27)8(24)7(23)5(3-21)33-19/h5-16,18-29H,3-4H2,1-2H3/t5-,6-,7+,8+,9-,10-,11-,12-,13-,14-,15+,16+,18-,19+,20-/m1/s1. The Balaban J connectivity index is 1.76. The number of aliphatic hydroxyl groups is 9. The summed E-state index contributed by atoms with van der Waals surface area (Å²) in [6, 6.07) is 0. The van der Waals surface area contributed by atoms with Crippen molar-refractivity contribution in [2.24, 2.45) is 0 Å². The molecule has 17 nitrogen and oxygen atoms in total. The molecule has 3 saturated heterocycles. The van der Waals surface area contributed by atoms with E-state index < -0.39 is 111 Å². The predicted octanol–water partition coefficient (Wildman–Crippen LogP) is -6.74. The van der Waals surface area contributed by atoms with Crippen LogP contribution in [-0.2, 0) is 38.0 Å². The fraction of sp³-hybridized carbons (Fsp3) is 0.950. The van der Waals surface area contributed by atoms with Crippen molar-refractivity contribution in [2.75, 3.05) is 27.4 Å². The van der Waals surface area contributed by atoms with Crippen LogP contribution >= 0.6 is 0 Å². The van der Waals surface area contributed by atoms with Crippen LogP contribution < -0.4 is 0 Å². The molecule has 15 atom stereocenters. The van der Waals surface area contributed by atoms with Crippen LogP contribution in [0.25, 0.3) is 0 Å². The van der Waals surface area contributed by atoms with Crippen molar-refractivity contribution in [3.63, 3.8) is 0 Å². The molecule has 0 saturated carbocycles. The average Bonchev–Trinajstić information content (AvgIpc) is 2.90. The van der Waals surface area contributed by atoms with E-state index in [1.807, 2.05) is 0 Å². The molecule has 17 heteroatoms. The van der Waals surface area contributed by atoms with Crippen LogP contribution in [0.2, 0.25) is 0 Å². The molecule has 0 amide bonds. The molecular formula is C20H34O17. The SMILES string of the molecule is COC(=O)[C@H]1O[C@@H](OC)[C@H](O)[C@@H](O)[C@@H]1O[C@H]1O[C@H](CO)[C@@H](O[C@@H]2O[C@H](CO)[C@H](O)[C@H](O)[C@H]2O)[C@H](O)[C@H]1O. The molecule has 0 aromatic heterocycles. The zero-order chi connectivity index (χ0) is 27.6. The molecule has 0 aliphatic carbocycles. The molecule has 0 aromatic carbocycles. The van der Waals surface area contributed by atoms with Crippen molar-refractivity contribution in [1.82, 2.24) is 0 Å². The zero-order valence-electron chi connectivity index (χ0n) is 19.9. The number of methoxy groups -OCH3 is 2. The maximum atomic E-state index is 12.2. The van der Waals surface area contributed by atoms with E-state index in [1.165, 1.54) is 0 Å². The van der Waals surface area contributed by atoms with Crippen LogP contribution in [0.15, 0.2) is 0 Å². The molecule has 216 valence electrons. The Morgan fingerprint density at radius 3 is 1.65 bits per heavy atom. The minimum Gasteiger partial charge on any atom is -0.467 e. The Morgan fingerprint density at radius 1 is 0.622 bits per heavy atom. The largest absolute Gasteiger partial charge is 0.467 e. The minimum absolute atomic E-state index is 0.751. The van der Waals surface area contributed by atoms with Gasteiger partial charge in [0.05, 0.1) is 20.3 Å². The first-order chi connectivity index (χ1) is 17.5. The van der Waals surface area contributed by atoms with Crippen molar-refractivity contribution in [1.29, 1.82) is 0 Å². The summed E-state index contributed by atoms with van der Waals surface area (Å²) < 4.78 is 36.5. The molecule has 0 aromatic rings. The predicted molar refractivity (Wildman–Crippen MR) is 111 cm³/mol. The number of ether oxygens (including phenoxy) is 7. The highest BCUT2D eigenvalue weighted by atomic mass is 16.8. The maximum absolute atomic E-state index is 12.2. The smallest absolute Gasteiger partial charge is 0.337 e. The zero-order valence-corrected chi connectivity index (χ0v) is 19.9. The first kappa shape index (κ1) is 30.4. The van der Waals surface area contributed by atoms with Crippen LogP contribution in [0.4, 0.5) is 0 Å². The highest BCUT2D eigenvalue weighted by molar-refractivity contribution is 5.75. The maximum Gasteiger partial charge on any atom is 0.337 e. The number of aliphatic hydroxyl groups excluding tert-OH is 9. The van der Waals surface area contributed by atoms with Gasteiger partial charge in [-0.05, 0) is 0 Å². The number of rotatable bonds is 8. The minimum atomic E-state index is -1.96. The average molecular weight is 546 g/mol. The van der Waals surface area contributed by atoms with Crippen molar-refractivity contribution in [3.8, 4) is 0 Å². The summed E-state index contributed by atoms with van der Waals surface area (Å²) in [7, 11) is 2.18. The molecule has 9 N–H and O–H groups in total. The van der Waals surface area contributed by atoms with Gasteiger partial charge in [0, 0.05) is 7.11 Å². The number of esters is 1. The summed E-state index contributed by atoms with van der Waals surface area (Å²) in [5, 5.41) is 91.3. The molecule has 0 radical (unpaired) electrons. The number of hydrogen-bond donors (Lipinski definition) is 9. The third-order valence-corrected chi connectivity index (χ3v) is 6.46. The molecule has 3 heterocycles. The van der Waals surface area contributed by atoms with E-state index in [-0.39, 0.29) is 0 Å². The van der Waals surface area contributed by atoms with Crippen LogP contribution in [-0.4, -0.2) is 171 Å². The van der Waals surface area contributed by atoms with E-state index in [9.17, 15) is 50.8 Å². The molecule has 3 aliphatic rings. The summed E-state index contributed by atoms with van der Waals surface area (Å²) >= 11 is 0. The first-order valence-corrected chi connectivity index (χ1v) is 11.4. The topological polar surface area (TPSA) is 264 Å². The van der Waals surface area contributed by atoms with Gasteiger partial charge in [0.2, 0.25) is 0 Å². The molecule has 0 bridgehead atoms.